The van der Waals surface area contributed by atoms with Crippen LogP contribution < -0.4 is 10.6 Å². The average molecular weight is 417 g/mol. The Bertz CT molecular complexity index is 706. The van der Waals surface area contributed by atoms with E-state index in [-0.39, 0.29) is 11.3 Å². The molecule has 0 aliphatic carbocycles. The molecule has 0 saturated heterocycles. The molecule has 2 aromatic carbocycles. The standard InChI is InChI=1S/C14H10ClIN2O3/c15-8-5-6-12(10(16)7-8)18-14(21)17-11-4-2-1-3-9(11)13(19)20/h1-7H,(H,19,20)(H2,17,18,21). The maximum absolute atomic E-state index is 11.9. The third-order valence-electron chi connectivity index (χ3n) is 2.59. The highest BCUT2D eigenvalue weighted by molar-refractivity contribution is 14.1. The maximum Gasteiger partial charge on any atom is 0.337 e. The molecule has 2 aromatic rings. The van der Waals surface area contributed by atoms with Gasteiger partial charge in [-0.2, -0.15) is 0 Å². The topological polar surface area (TPSA) is 78.4 Å². The molecule has 7 heteroatoms. The van der Waals surface area contributed by atoms with E-state index in [1.807, 2.05) is 22.6 Å². The molecule has 0 atom stereocenters. The number of halogens is 2. The number of rotatable bonds is 3. The summed E-state index contributed by atoms with van der Waals surface area (Å²) in [5.74, 6) is -1.10. The highest BCUT2D eigenvalue weighted by Gasteiger charge is 2.12. The van der Waals surface area contributed by atoms with Crippen LogP contribution in [-0.2, 0) is 0 Å². The summed E-state index contributed by atoms with van der Waals surface area (Å²) in [5, 5.41) is 14.8. The first-order valence-electron chi connectivity index (χ1n) is 5.83. The lowest BCUT2D eigenvalue weighted by molar-refractivity contribution is 0.0698. The normalized spacial score (nSPS) is 10.0. The molecule has 5 nitrogen and oxygen atoms in total. The van der Waals surface area contributed by atoms with Crippen LogP contribution in [0.3, 0.4) is 0 Å². The minimum atomic E-state index is -1.10. The first kappa shape index (κ1) is 15.6. The van der Waals surface area contributed by atoms with Crippen molar-refractivity contribution >= 4 is 57.6 Å². The monoisotopic (exact) mass is 416 g/mol. The van der Waals surface area contributed by atoms with Crippen LogP contribution in [0.15, 0.2) is 42.5 Å². The smallest absolute Gasteiger partial charge is 0.337 e. The van der Waals surface area contributed by atoms with Crippen molar-refractivity contribution in [3.8, 4) is 0 Å². The van der Waals surface area contributed by atoms with Gasteiger partial charge in [-0.1, -0.05) is 23.7 Å². The average Bonchev–Trinajstić information content (AvgIpc) is 2.42. The lowest BCUT2D eigenvalue weighted by atomic mass is 10.2. The fraction of sp³-hybridized carbons (Fsp3) is 0. The summed E-state index contributed by atoms with van der Waals surface area (Å²) in [6.45, 7) is 0. The number of carboxylic acids is 1. The quantitative estimate of drug-likeness (QED) is 0.653. The van der Waals surface area contributed by atoms with Crippen LogP contribution >= 0.6 is 34.2 Å². The lowest BCUT2D eigenvalue weighted by Gasteiger charge is -2.11. The van der Waals surface area contributed by atoms with Crippen molar-refractivity contribution in [3.63, 3.8) is 0 Å². The van der Waals surface area contributed by atoms with Crippen molar-refractivity contribution in [2.45, 2.75) is 0 Å². The first-order valence-corrected chi connectivity index (χ1v) is 7.28. The van der Waals surface area contributed by atoms with Gasteiger partial charge < -0.3 is 15.7 Å². The van der Waals surface area contributed by atoms with Crippen molar-refractivity contribution in [2.75, 3.05) is 10.6 Å². The number of aromatic carboxylic acids is 1. The molecular formula is C14H10ClIN2O3. The van der Waals surface area contributed by atoms with Crippen molar-refractivity contribution < 1.29 is 14.7 Å². The predicted molar refractivity (Wildman–Crippen MR) is 90.2 cm³/mol. The molecule has 0 heterocycles. The molecule has 21 heavy (non-hydrogen) atoms. The third-order valence-corrected chi connectivity index (χ3v) is 3.71. The Morgan fingerprint density at radius 1 is 1.05 bits per heavy atom. The summed E-state index contributed by atoms with van der Waals surface area (Å²) in [5.41, 5.74) is 0.843. The Labute approximate surface area is 139 Å². The van der Waals surface area contributed by atoms with Gasteiger partial charge in [0.2, 0.25) is 0 Å². The Morgan fingerprint density at radius 2 is 1.71 bits per heavy atom. The van der Waals surface area contributed by atoms with Crippen molar-refractivity contribution in [1.29, 1.82) is 0 Å². The molecule has 0 aliphatic rings. The van der Waals surface area contributed by atoms with Gasteiger partial charge in [-0.25, -0.2) is 9.59 Å². The predicted octanol–water partition coefficient (Wildman–Crippen LogP) is 4.29. The van der Waals surface area contributed by atoms with E-state index in [9.17, 15) is 9.59 Å². The van der Waals surface area contributed by atoms with Crippen LogP contribution in [0.1, 0.15) is 10.4 Å². The minimum Gasteiger partial charge on any atom is -0.478 e. The molecule has 0 spiro atoms. The van der Waals surface area contributed by atoms with Gasteiger partial charge in [-0.05, 0) is 52.9 Å². The van der Waals surface area contributed by atoms with E-state index in [0.29, 0.717) is 10.7 Å². The zero-order chi connectivity index (χ0) is 15.4. The molecule has 0 unspecified atom stereocenters. The van der Waals surface area contributed by atoms with Crippen LogP contribution in [0, 0.1) is 3.57 Å². The van der Waals surface area contributed by atoms with Gasteiger partial charge in [0, 0.05) is 8.59 Å². The number of hydrogen-bond donors (Lipinski definition) is 3. The largest absolute Gasteiger partial charge is 0.478 e. The molecule has 0 fully saturated rings. The number of anilines is 2. The van der Waals surface area contributed by atoms with Crippen molar-refractivity contribution in [2.24, 2.45) is 0 Å². The Morgan fingerprint density at radius 3 is 2.38 bits per heavy atom. The zero-order valence-corrected chi connectivity index (χ0v) is 13.5. The molecule has 0 aromatic heterocycles. The van der Waals surface area contributed by atoms with Crippen molar-refractivity contribution in [3.05, 3.63) is 56.6 Å². The van der Waals surface area contributed by atoms with Crippen LogP contribution in [0.5, 0.6) is 0 Å². The Balaban J connectivity index is 2.14. The van der Waals surface area contributed by atoms with E-state index in [0.717, 1.165) is 3.57 Å². The number of urea groups is 1. The third kappa shape index (κ3) is 4.08. The molecule has 0 radical (unpaired) electrons. The number of carbonyl (C=O) groups is 2. The number of nitrogens with one attached hydrogen (secondary N) is 2. The second kappa shape index (κ2) is 6.77. The molecular weight excluding hydrogens is 407 g/mol. The number of benzene rings is 2. The molecule has 0 saturated carbocycles. The van der Waals surface area contributed by atoms with E-state index in [2.05, 4.69) is 10.6 Å². The van der Waals surface area contributed by atoms with Gasteiger partial charge in [0.15, 0.2) is 0 Å². The molecule has 2 rings (SSSR count). The molecule has 2 amide bonds. The maximum atomic E-state index is 11.9. The van der Waals surface area contributed by atoms with E-state index < -0.39 is 12.0 Å². The van der Waals surface area contributed by atoms with Crippen molar-refractivity contribution in [1.82, 2.24) is 0 Å². The fourth-order valence-corrected chi connectivity index (χ4v) is 2.65. The molecule has 108 valence electrons. The van der Waals surface area contributed by atoms with Gasteiger partial charge in [-0.3, -0.25) is 0 Å². The van der Waals surface area contributed by atoms with Gasteiger partial charge in [-0.15, -0.1) is 0 Å². The summed E-state index contributed by atoms with van der Waals surface area (Å²) >= 11 is 7.89. The number of carbonyl (C=O) groups excluding carboxylic acids is 1. The summed E-state index contributed by atoms with van der Waals surface area (Å²) in [6.07, 6.45) is 0. The van der Waals surface area contributed by atoms with Gasteiger partial charge in [0.1, 0.15) is 0 Å². The fourth-order valence-electron chi connectivity index (χ4n) is 1.65. The second-order valence-electron chi connectivity index (χ2n) is 4.05. The number of para-hydroxylation sites is 1. The summed E-state index contributed by atoms with van der Waals surface area (Å²) < 4.78 is 0.779. The van der Waals surface area contributed by atoms with E-state index in [4.69, 9.17) is 16.7 Å². The van der Waals surface area contributed by atoms with Crippen LogP contribution in [-0.4, -0.2) is 17.1 Å². The van der Waals surface area contributed by atoms with Crippen LogP contribution in [0.25, 0.3) is 0 Å². The van der Waals surface area contributed by atoms with Gasteiger partial charge in [0.25, 0.3) is 0 Å². The Hall–Kier alpha value is -1.80. The highest BCUT2D eigenvalue weighted by Crippen LogP contribution is 2.23. The van der Waals surface area contributed by atoms with E-state index in [1.54, 1.807) is 30.3 Å². The summed E-state index contributed by atoms with van der Waals surface area (Å²) in [6, 6.07) is 10.7. The second-order valence-corrected chi connectivity index (χ2v) is 5.65. The van der Waals surface area contributed by atoms with Gasteiger partial charge in [0.05, 0.1) is 16.9 Å². The van der Waals surface area contributed by atoms with Crippen LogP contribution in [0.4, 0.5) is 16.2 Å². The lowest BCUT2D eigenvalue weighted by Crippen LogP contribution is -2.21. The molecule has 3 N–H and O–H groups in total. The number of amides is 2. The number of carboxylic acid groups (broad SMARTS) is 1. The highest BCUT2D eigenvalue weighted by atomic mass is 127. The first-order chi connectivity index (χ1) is 9.97. The zero-order valence-electron chi connectivity index (χ0n) is 10.6. The van der Waals surface area contributed by atoms with E-state index in [1.165, 1.54) is 12.1 Å². The minimum absolute atomic E-state index is 0.0263. The van der Waals surface area contributed by atoms with Crippen LogP contribution in [0.2, 0.25) is 5.02 Å². The Kier molecular flexibility index (Phi) is 5.03. The van der Waals surface area contributed by atoms with Gasteiger partial charge >= 0.3 is 12.0 Å². The van der Waals surface area contributed by atoms with E-state index >= 15 is 0 Å². The summed E-state index contributed by atoms with van der Waals surface area (Å²) in [4.78, 5) is 23.0. The molecule has 0 bridgehead atoms. The molecule has 0 aliphatic heterocycles. The summed E-state index contributed by atoms with van der Waals surface area (Å²) in [7, 11) is 0. The number of hydrogen-bond acceptors (Lipinski definition) is 2. The SMILES string of the molecule is O=C(Nc1ccc(Cl)cc1I)Nc1ccccc1C(=O)O.